The van der Waals surface area contributed by atoms with Crippen LogP contribution >= 0.6 is 0 Å². The van der Waals surface area contributed by atoms with Crippen LogP contribution in [0.25, 0.3) is 27.3 Å². The molecule has 0 atom stereocenters. The molecule has 2 N–H and O–H groups in total. The smallest absolute Gasteiger partial charge is 0.371 e. The van der Waals surface area contributed by atoms with Gasteiger partial charge in [-0.15, -0.1) is 6.54 Å². The van der Waals surface area contributed by atoms with E-state index in [2.05, 4.69) is 20.3 Å². The first kappa shape index (κ1) is 25.6. The molecule has 0 spiro atoms. The quantitative estimate of drug-likeness (QED) is 0.259. The van der Waals surface area contributed by atoms with Crippen molar-refractivity contribution in [1.29, 1.82) is 0 Å². The van der Waals surface area contributed by atoms with E-state index in [4.69, 9.17) is 9.84 Å². The Hall–Kier alpha value is -3.99. The highest BCUT2D eigenvalue weighted by Crippen LogP contribution is 2.23. The summed E-state index contributed by atoms with van der Waals surface area (Å²) in [6.07, 6.45) is 0.783. The van der Waals surface area contributed by atoms with Gasteiger partial charge in [0.2, 0.25) is 5.88 Å². The molecule has 4 aromatic rings. The van der Waals surface area contributed by atoms with E-state index in [0.717, 1.165) is 11.1 Å². The summed E-state index contributed by atoms with van der Waals surface area (Å²) in [5, 5.41) is 13.1. The summed E-state index contributed by atoms with van der Waals surface area (Å²) >= 11 is 0. The third kappa shape index (κ3) is 7.24. The molecule has 0 fully saturated rings. The third-order valence-corrected chi connectivity index (χ3v) is 4.83. The van der Waals surface area contributed by atoms with Crippen molar-refractivity contribution in [2.45, 2.75) is 12.6 Å². The fraction of sp³-hybridized carbons (Fsp3) is 0.208. The zero-order chi connectivity index (χ0) is 25.4. The number of benzene rings is 1. The molecule has 4 rings (SSSR count). The van der Waals surface area contributed by atoms with Crippen molar-refractivity contribution >= 4 is 16.9 Å². The maximum absolute atomic E-state index is 13.1. The number of carboxylic acids is 1. The fourth-order valence-electron chi connectivity index (χ4n) is 3.23. The molecule has 0 aliphatic carbocycles. The molecule has 1 aromatic carbocycles. The van der Waals surface area contributed by atoms with Crippen LogP contribution in [0.5, 0.6) is 5.88 Å². The van der Waals surface area contributed by atoms with E-state index in [1.165, 1.54) is 25.4 Å². The number of halogens is 4. The number of aromatic nitrogens is 3. The van der Waals surface area contributed by atoms with Gasteiger partial charge in [-0.25, -0.2) is 19.2 Å². The summed E-state index contributed by atoms with van der Waals surface area (Å²) in [7, 11) is 1.52. The number of aromatic carboxylic acids is 1. The second kappa shape index (κ2) is 11.4. The molecule has 0 unspecified atom stereocenters. The number of nitrogens with one attached hydrogen (secondary N) is 1. The van der Waals surface area contributed by atoms with Gasteiger partial charge in [-0.1, -0.05) is 12.6 Å². The summed E-state index contributed by atoms with van der Waals surface area (Å²) in [6, 6.07) is 11.1. The summed E-state index contributed by atoms with van der Waals surface area (Å²) in [4.78, 5) is 21.8. The number of H-pyrrole nitrogens is 1. The largest absolute Gasteiger partial charge is 0.655 e. The van der Waals surface area contributed by atoms with Crippen molar-refractivity contribution < 1.29 is 32.2 Å². The molecule has 35 heavy (non-hydrogen) atoms. The van der Waals surface area contributed by atoms with Gasteiger partial charge in [0.1, 0.15) is 5.82 Å². The SMILES string of the molecule is COc1ccc(-c2cccnc2C(=O)O)cn1.Fc1ccc2[nH]cc(CC[N-]CC(F)(F)F)c2c1. The van der Waals surface area contributed by atoms with Gasteiger partial charge in [-0.2, -0.15) is 13.2 Å². The number of fused-ring (bicyclic) bond motifs is 1. The number of carboxylic acid groups (broad SMARTS) is 1. The minimum absolute atomic E-state index is 0.0134. The van der Waals surface area contributed by atoms with Crippen LogP contribution in [0.2, 0.25) is 0 Å². The van der Waals surface area contributed by atoms with Crippen LogP contribution in [-0.4, -0.2) is 52.4 Å². The van der Waals surface area contributed by atoms with Crippen molar-refractivity contribution in [2.24, 2.45) is 0 Å². The van der Waals surface area contributed by atoms with Gasteiger partial charge in [-0.3, -0.25) is 0 Å². The summed E-state index contributed by atoms with van der Waals surface area (Å²) in [6.45, 7) is -1.06. The summed E-state index contributed by atoms with van der Waals surface area (Å²) < 4.78 is 53.6. The zero-order valence-electron chi connectivity index (χ0n) is 18.5. The Kier molecular flexibility index (Phi) is 8.37. The van der Waals surface area contributed by atoms with Crippen molar-refractivity contribution in [3.63, 3.8) is 0 Å². The minimum Gasteiger partial charge on any atom is -0.655 e. The molecule has 3 aromatic heterocycles. The highest BCUT2D eigenvalue weighted by molar-refractivity contribution is 5.93. The molecular formula is C24H21F4N4O3-. The number of ether oxygens (including phenoxy) is 1. The first-order valence-electron chi connectivity index (χ1n) is 10.3. The predicted molar refractivity (Wildman–Crippen MR) is 122 cm³/mol. The van der Waals surface area contributed by atoms with Crippen LogP contribution in [-0.2, 0) is 6.42 Å². The Morgan fingerprint density at radius 3 is 2.63 bits per heavy atom. The molecule has 0 saturated carbocycles. The maximum atomic E-state index is 13.1. The molecular weight excluding hydrogens is 468 g/mol. The molecule has 184 valence electrons. The molecule has 0 saturated heterocycles. The van der Waals surface area contributed by atoms with E-state index in [1.54, 1.807) is 42.7 Å². The van der Waals surface area contributed by atoms with Gasteiger partial charge >= 0.3 is 12.1 Å². The molecule has 0 aliphatic heterocycles. The number of hydrogen-bond acceptors (Lipinski definition) is 4. The van der Waals surface area contributed by atoms with Crippen LogP contribution in [0.4, 0.5) is 17.6 Å². The van der Waals surface area contributed by atoms with Gasteiger partial charge in [0.15, 0.2) is 5.69 Å². The van der Waals surface area contributed by atoms with Crippen molar-refractivity contribution in [3.05, 3.63) is 83.4 Å². The lowest BCUT2D eigenvalue weighted by Crippen LogP contribution is -2.14. The van der Waals surface area contributed by atoms with Gasteiger partial charge < -0.3 is 20.1 Å². The number of hydrogen-bond donors (Lipinski definition) is 2. The van der Waals surface area contributed by atoms with Gasteiger partial charge in [0, 0.05) is 46.7 Å². The monoisotopic (exact) mass is 489 g/mol. The number of alkyl halides is 3. The van der Waals surface area contributed by atoms with E-state index in [-0.39, 0.29) is 18.1 Å². The predicted octanol–water partition coefficient (Wildman–Crippen LogP) is 5.64. The molecule has 0 amide bonds. The normalized spacial score (nSPS) is 11.1. The molecule has 0 bridgehead atoms. The highest BCUT2D eigenvalue weighted by Gasteiger charge is 2.20. The highest BCUT2D eigenvalue weighted by atomic mass is 19.4. The lowest BCUT2D eigenvalue weighted by Gasteiger charge is -2.20. The van der Waals surface area contributed by atoms with E-state index in [0.29, 0.717) is 28.8 Å². The number of pyridine rings is 2. The number of methoxy groups -OCH3 is 1. The van der Waals surface area contributed by atoms with E-state index < -0.39 is 18.7 Å². The zero-order valence-corrected chi connectivity index (χ0v) is 18.5. The standard InChI is InChI=1S/C12H11F4N2.C12H10N2O3/c13-9-1-2-11-10(5-9)8(6-18-11)3-4-17-7-12(14,15)16;1-17-10-5-4-8(7-14-10)9-3-2-6-13-11(9)12(15)16/h1-2,5-6,18H,3-4,7H2;2-7H,1H3,(H,15,16)/q-1;. The number of aromatic amines is 1. The van der Waals surface area contributed by atoms with Crippen LogP contribution in [0.15, 0.2) is 61.1 Å². The average Bonchev–Trinajstić information content (AvgIpc) is 3.23. The first-order valence-corrected chi connectivity index (χ1v) is 10.3. The lowest BCUT2D eigenvalue weighted by atomic mass is 10.1. The minimum atomic E-state index is -4.26. The molecule has 3 heterocycles. The van der Waals surface area contributed by atoms with Crippen molar-refractivity contribution in [3.8, 4) is 17.0 Å². The number of carbonyl (C=O) groups is 1. The summed E-state index contributed by atoms with van der Waals surface area (Å²) in [5.41, 5.74) is 2.78. The Balaban J connectivity index is 0.000000196. The van der Waals surface area contributed by atoms with Crippen molar-refractivity contribution in [2.75, 3.05) is 20.2 Å². The topological polar surface area (TPSA) is 102 Å². The van der Waals surface area contributed by atoms with Crippen molar-refractivity contribution in [1.82, 2.24) is 15.0 Å². The van der Waals surface area contributed by atoms with Gasteiger partial charge in [-0.05, 0) is 42.3 Å². The Bertz CT molecular complexity index is 1270. The van der Waals surface area contributed by atoms with Crippen LogP contribution in [0.3, 0.4) is 0 Å². The van der Waals surface area contributed by atoms with E-state index in [1.807, 2.05) is 0 Å². The molecule has 11 heteroatoms. The summed E-state index contributed by atoms with van der Waals surface area (Å²) in [5.74, 6) is -0.943. The Labute approximate surface area is 197 Å². The van der Waals surface area contributed by atoms with Crippen LogP contribution in [0, 0.1) is 5.82 Å². The van der Waals surface area contributed by atoms with E-state index >= 15 is 0 Å². The number of rotatable bonds is 7. The van der Waals surface area contributed by atoms with Crippen LogP contribution < -0.4 is 4.74 Å². The second-order valence-electron chi connectivity index (χ2n) is 7.27. The van der Waals surface area contributed by atoms with Crippen LogP contribution in [0.1, 0.15) is 16.1 Å². The van der Waals surface area contributed by atoms with Gasteiger partial charge in [0.05, 0.1) is 7.11 Å². The first-order chi connectivity index (χ1) is 16.7. The lowest BCUT2D eigenvalue weighted by molar-refractivity contribution is -0.113. The molecule has 0 aliphatic rings. The van der Waals surface area contributed by atoms with E-state index in [9.17, 15) is 22.4 Å². The second-order valence-corrected chi connectivity index (χ2v) is 7.27. The maximum Gasteiger partial charge on any atom is 0.371 e. The Morgan fingerprint density at radius 1 is 1.17 bits per heavy atom. The average molecular weight is 489 g/mol. The molecule has 0 radical (unpaired) electrons. The Morgan fingerprint density at radius 2 is 1.97 bits per heavy atom. The van der Waals surface area contributed by atoms with Gasteiger partial charge in [0.25, 0.3) is 0 Å². The fourth-order valence-corrected chi connectivity index (χ4v) is 3.23. The molecule has 7 nitrogen and oxygen atoms in total. The number of nitrogens with zero attached hydrogens (tertiary/aromatic N) is 3. The third-order valence-electron chi connectivity index (χ3n) is 4.83.